The van der Waals surface area contributed by atoms with Gasteiger partial charge in [-0.3, -0.25) is 9.59 Å². The molecule has 1 saturated heterocycles. The SMILES string of the molecule is C[C@@H]1c2ccccc2CCN1C(=O)c1cc(C2CC2)c2nc(-c3ccc(N4CC[C@H](C(=O)O)[SiH2]C4)cc3F)oc2c1. The minimum absolute atomic E-state index is 0.0250. The van der Waals surface area contributed by atoms with Crippen molar-refractivity contribution in [2.24, 2.45) is 0 Å². The fraction of sp³-hybridized carbons (Fsp3) is 0.344. The molecule has 3 heterocycles. The molecule has 1 amide bonds. The molecule has 7 rings (SSSR count). The van der Waals surface area contributed by atoms with Gasteiger partial charge in [-0.25, -0.2) is 9.37 Å². The van der Waals surface area contributed by atoms with Crippen LogP contribution in [0.5, 0.6) is 0 Å². The molecule has 1 saturated carbocycles. The molecule has 0 spiro atoms. The number of nitrogens with zero attached hydrogens (tertiary/aromatic N) is 3. The number of rotatable bonds is 5. The van der Waals surface area contributed by atoms with Crippen molar-refractivity contribution in [1.29, 1.82) is 0 Å². The van der Waals surface area contributed by atoms with Gasteiger partial charge in [0.2, 0.25) is 5.89 Å². The van der Waals surface area contributed by atoms with Crippen LogP contribution in [-0.4, -0.2) is 55.6 Å². The molecular formula is C32H32FN3O4Si. The molecule has 210 valence electrons. The largest absolute Gasteiger partial charge is 0.481 e. The van der Waals surface area contributed by atoms with Crippen LogP contribution in [0.15, 0.2) is 59.0 Å². The average Bonchev–Trinajstić information content (AvgIpc) is 3.75. The van der Waals surface area contributed by atoms with Crippen molar-refractivity contribution >= 4 is 38.2 Å². The van der Waals surface area contributed by atoms with Gasteiger partial charge < -0.3 is 19.3 Å². The van der Waals surface area contributed by atoms with Gasteiger partial charge in [-0.1, -0.05) is 24.3 Å². The summed E-state index contributed by atoms with van der Waals surface area (Å²) in [7, 11) is -0.806. The van der Waals surface area contributed by atoms with E-state index < -0.39 is 21.3 Å². The van der Waals surface area contributed by atoms with Crippen molar-refractivity contribution < 1.29 is 23.5 Å². The second-order valence-corrected chi connectivity index (χ2v) is 13.6. The van der Waals surface area contributed by atoms with Crippen LogP contribution in [0.25, 0.3) is 22.6 Å². The van der Waals surface area contributed by atoms with Gasteiger partial charge in [-0.05, 0) is 85.5 Å². The number of anilines is 1. The van der Waals surface area contributed by atoms with Gasteiger partial charge in [-0.15, -0.1) is 0 Å². The summed E-state index contributed by atoms with van der Waals surface area (Å²) in [5.41, 5.74) is 6.07. The number of oxazole rings is 1. The van der Waals surface area contributed by atoms with E-state index >= 15 is 4.39 Å². The minimum Gasteiger partial charge on any atom is -0.481 e. The van der Waals surface area contributed by atoms with Crippen LogP contribution in [0.4, 0.5) is 10.1 Å². The lowest BCUT2D eigenvalue weighted by Crippen LogP contribution is -2.39. The zero-order chi connectivity index (χ0) is 28.2. The molecule has 2 fully saturated rings. The molecule has 1 aliphatic carbocycles. The predicted molar refractivity (Wildman–Crippen MR) is 158 cm³/mol. The Hall–Kier alpha value is -3.98. The van der Waals surface area contributed by atoms with E-state index in [4.69, 9.17) is 9.40 Å². The number of halogens is 1. The van der Waals surface area contributed by atoms with Crippen LogP contribution >= 0.6 is 0 Å². The van der Waals surface area contributed by atoms with Gasteiger partial charge in [0.25, 0.3) is 5.91 Å². The van der Waals surface area contributed by atoms with Gasteiger partial charge in [-0.2, -0.15) is 0 Å². The quantitative estimate of drug-likeness (QED) is 0.321. The number of fused-ring (bicyclic) bond motifs is 2. The third-order valence-corrected chi connectivity index (χ3v) is 11.3. The Morgan fingerprint density at radius 1 is 1.05 bits per heavy atom. The van der Waals surface area contributed by atoms with Crippen molar-refractivity contribution in [2.45, 2.75) is 50.1 Å². The zero-order valence-corrected chi connectivity index (χ0v) is 24.4. The lowest BCUT2D eigenvalue weighted by Gasteiger charge is -2.35. The second kappa shape index (κ2) is 10.1. The molecule has 7 nitrogen and oxygen atoms in total. The van der Waals surface area contributed by atoms with Crippen molar-refractivity contribution in [3.05, 3.63) is 82.7 Å². The third kappa shape index (κ3) is 4.72. The van der Waals surface area contributed by atoms with Gasteiger partial charge in [0.05, 0.1) is 21.1 Å². The number of carboxylic acids is 1. The molecule has 0 radical (unpaired) electrons. The first kappa shape index (κ1) is 25.9. The Morgan fingerprint density at radius 2 is 1.88 bits per heavy atom. The summed E-state index contributed by atoms with van der Waals surface area (Å²) in [6, 6.07) is 17.0. The highest BCUT2D eigenvalue weighted by Gasteiger charge is 2.33. The van der Waals surface area contributed by atoms with E-state index in [1.54, 1.807) is 12.1 Å². The second-order valence-electron chi connectivity index (χ2n) is 11.6. The normalized spacial score (nSPS) is 21.3. The van der Waals surface area contributed by atoms with Crippen molar-refractivity contribution in [3.63, 3.8) is 0 Å². The Bertz CT molecular complexity index is 1670. The smallest absolute Gasteiger partial charge is 0.303 e. The monoisotopic (exact) mass is 569 g/mol. The van der Waals surface area contributed by atoms with Gasteiger partial charge in [0, 0.05) is 36.0 Å². The van der Waals surface area contributed by atoms with Crippen LogP contribution < -0.4 is 4.90 Å². The molecule has 1 aromatic heterocycles. The molecule has 2 atom stereocenters. The van der Waals surface area contributed by atoms with Crippen LogP contribution in [0, 0.1) is 5.82 Å². The van der Waals surface area contributed by atoms with E-state index in [-0.39, 0.29) is 28.9 Å². The molecule has 41 heavy (non-hydrogen) atoms. The number of aliphatic carboxylic acids is 1. The Kier molecular flexibility index (Phi) is 6.41. The minimum atomic E-state index is -0.806. The van der Waals surface area contributed by atoms with E-state index in [0.29, 0.717) is 48.3 Å². The van der Waals surface area contributed by atoms with E-state index in [1.807, 2.05) is 29.2 Å². The van der Waals surface area contributed by atoms with Gasteiger partial charge >= 0.3 is 5.97 Å². The molecule has 9 heteroatoms. The number of carbonyl (C=O) groups excluding carboxylic acids is 1. The maximum atomic E-state index is 15.4. The highest BCUT2D eigenvalue weighted by atomic mass is 28.2. The highest BCUT2D eigenvalue weighted by Crippen LogP contribution is 2.45. The molecule has 0 bridgehead atoms. The zero-order valence-electron chi connectivity index (χ0n) is 23.0. The molecule has 2 aliphatic heterocycles. The van der Waals surface area contributed by atoms with Crippen molar-refractivity contribution in [2.75, 3.05) is 24.2 Å². The summed E-state index contributed by atoms with van der Waals surface area (Å²) in [6.07, 6.45) is 4.21. The number of hydrogen-bond donors (Lipinski definition) is 1. The molecule has 0 unspecified atom stereocenters. The topological polar surface area (TPSA) is 86.9 Å². The van der Waals surface area contributed by atoms with E-state index in [0.717, 1.165) is 30.5 Å². The van der Waals surface area contributed by atoms with Crippen LogP contribution in [0.1, 0.15) is 65.2 Å². The number of amides is 1. The van der Waals surface area contributed by atoms with E-state index in [1.165, 1.54) is 17.2 Å². The van der Waals surface area contributed by atoms with Gasteiger partial charge in [0.15, 0.2) is 5.58 Å². The molecule has 4 aromatic rings. The summed E-state index contributed by atoms with van der Waals surface area (Å²) in [4.78, 5) is 33.9. The first-order valence-electron chi connectivity index (χ1n) is 14.5. The Balaban J connectivity index is 1.18. The average molecular weight is 570 g/mol. The maximum Gasteiger partial charge on any atom is 0.303 e. The van der Waals surface area contributed by atoms with Crippen molar-refractivity contribution in [1.82, 2.24) is 9.88 Å². The predicted octanol–water partition coefficient (Wildman–Crippen LogP) is 5.48. The van der Waals surface area contributed by atoms with Gasteiger partial charge in [0.1, 0.15) is 11.3 Å². The molecular weight excluding hydrogens is 537 g/mol. The number of aromatic nitrogens is 1. The fourth-order valence-corrected chi connectivity index (χ4v) is 8.30. The lowest BCUT2D eigenvalue weighted by atomic mass is 9.93. The van der Waals surface area contributed by atoms with Crippen LogP contribution in [0.3, 0.4) is 0 Å². The molecule has 1 N–H and O–H groups in total. The summed E-state index contributed by atoms with van der Waals surface area (Å²) in [6.45, 7) is 3.34. The lowest BCUT2D eigenvalue weighted by molar-refractivity contribution is -0.137. The van der Waals surface area contributed by atoms with Crippen LogP contribution in [-0.2, 0) is 11.2 Å². The van der Waals surface area contributed by atoms with Crippen LogP contribution in [0.2, 0.25) is 5.54 Å². The summed E-state index contributed by atoms with van der Waals surface area (Å²) >= 11 is 0. The first-order chi connectivity index (χ1) is 19.9. The fourth-order valence-electron chi connectivity index (χ4n) is 6.47. The molecule has 3 aromatic carbocycles. The first-order valence-corrected chi connectivity index (χ1v) is 16.3. The van der Waals surface area contributed by atoms with E-state index in [9.17, 15) is 14.7 Å². The highest BCUT2D eigenvalue weighted by molar-refractivity contribution is 6.44. The summed E-state index contributed by atoms with van der Waals surface area (Å²) < 4.78 is 21.6. The van der Waals surface area contributed by atoms with E-state index in [2.05, 4.69) is 24.0 Å². The number of benzene rings is 3. The number of carboxylic acid groups (broad SMARTS) is 1. The Labute approximate surface area is 239 Å². The number of hydrogen-bond acceptors (Lipinski definition) is 5. The molecule has 3 aliphatic rings. The standard InChI is InChI=1S/C32H32FN3O4Si/c1-18-23-5-3-2-4-19(23)10-13-36(18)31(37)21-14-25(20-6-7-20)29-27(15-21)40-30(34-29)24-9-8-22(16-26(24)33)35-12-11-28(32(38)39)41-17-35/h2-5,8-9,14-16,18,20,28H,6-7,10-13,17,41H2,1H3,(H,38,39)/t18-,28-/m1/s1. The third-order valence-electron chi connectivity index (χ3n) is 9.04. The maximum absolute atomic E-state index is 15.4. The Morgan fingerprint density at radius 3 is 2.61 bits per heavy atom. The van der Waals surface area contributed by atoms with Crippen molar-refractivity contribution in [3.8, 4) is 11.5 Å². The summed E-state index contributed by atoms with van der Waals surface area (Å²) in [5, 5.41) is 9.30. The number of carbonyl (C=O) groups is 2. The summed E-state index contributed by atoms with van der Waals surface area (Å²) in [5.74, 6) is -0.636.